The Balaban J connectivity index is 1.25. The van der Waals surface area contributed by atoms with Crippen LogP contribution in [0.1, 0.15) is 10.4 Å². The molecule has 6 rings (SSSR count). The molecule has 0 saturated carbocycles. The van der Waals surface area contributed by atoms with Crippen molar-refractivity contribution in [3.05, 3.63) is 121 Å². The van der Waals surface area contributed by atoms with E-state index < -0.39 is 12.1 Å². The Kier molecular flexibility index (Phi) is 6.94. The summed E-state index contributed by atoms with van der Waals surface area (Å²) in [7, 11) is 1.31. The molecule has 41 heavy (non-hydrogen) atoms. The van der Waals surface area contributed by atoms with Crippen molar-refractivity contribution < 1.29 is 19.1 Å². The molecule has 8 nitrogen and oxygen atoms in total. The van der Waals surface area contributed by atoms with Gasteiger partial charge in [-0.15, -0.1) is 0 Å². The number of nitrogens with one attached hydrogen (secondary N) is 2. The molecule has 0 fully saturated rings. The van der Waals surface area contributed by atoms with Gasteiger partial charge in [-0.1, -0.05) is 48.5 Å². The lowest BCUT2D eigenvalue weighted by molar-refractivity contribution is 0.0600. The zero-order valence-corrected chi connectivity index (χ0v) is 22.0. The number of nitrogens with zero attached hydrogens (tertiary/aromatic N) is 2. The predicted octanol–water partition coefficient (Wildman–Crippen LogP) is 7.36. The summed E-state index contributed by atoms with van der Waals surface area (Å²) in [5, 5.41) is 4.54. The fourth-order valence-corrected chi connectivity index (χ4v) is 4.53. The van der Waals surface area contributed by atoms with Crippen molar-refractivity contribution in [3.63, 3.8) is 0 Å². The van der Waals surface area contributed by atoms with Crippen molar-refractivity contribution in [2.45, 2.75) is 0 Å². The first kappa shape index (κ1) is 25.5. The van der Waals surface area contributed by atoms with Gasteiger partial charge in [-0.25, -0.2) is 14.6 Å². The molecule has 0 radical (unpaired) electrons. The minimum Gasteiger partial charge on any atom is -0.465 e. The highest BCUT2D eigenvalue weighted by atomic mass is 16.6. The number of aromatic amines is 1. The first-order valence-electron chi connectivity index (χ1n) is 12.8. The number of amides is 1. The lowest BCUT2D eigenvalue weighted by Gasteiger charge is -2.09. The zero-order valence-electron chi connectivity index (χ0n) is 22.0. The number of benzene rings is 4. The quantitative estimate of drug-likeness (QED) is 0.214. The standard InChI is InChI=1S/C33H24N4O4/c1-40-32(38)23-9-12-27(13-10-23)35-33(39)41-28-14-11-24-19-26(8-7-25(24)20-28)30-29(21-15-17-34-18-16-21)36-31(37-30)22-5-3-2-4-6-22/h2-20H,1H3,(H,35,39)(H,36,37). The van der Waals surface area contributed by atoms with Gasteiger partial charge in [-0.3, -0.25) is 10.3 Å². The van der Waals surface area contributed by atoms with Gasteiger partial charge in [0, 0.05) is 34.8 Å². The van der Waals surface area contributed by atoms with E-state index in [0.717, 1.165) is 44.7 Å². The third kappa shape index (κ3) is 5.53. The van der Waals surface area contributed by atoms with E-state index >= 15 is 0 Å². The maximum Gasteiger partial charge on any atom is 0.417 e. The van der Waals surface area contributed by atoms with Crippen molar-refractivity contribution in [3.8, 4) is 39.7 Å². The largest absolute Gasteiger partial charge is 0.465 e. The average molecular weight is 541 g/mol. The number of carbonyl (C=O) groups excluding carboxylic acids is 2. The van der Waals surface area contributed by atoms with E-state index in [2.05, 4.69) is 21.4 Å². The molecule has 6 aromatic rings. The highest BCUT2D eigenvalue weighted by molar-refractivity contribution is 5.93. The molecule has 0 aliphatic rings. The molecular weight excluding hydrogens is 516 g/mol. The predicted molar refractivity (Wildman–Crippen MR) is 158 cm³/mol. The van der Waals surface area contributed by atoms with E-state index in [0.29, 0.717) is 17.0 Å². The number of carbonyl (C=O) groups is 2. The van der Waals surface area contributed by atoms with Crippen molar-refractivity contribution in [2.24, 2.45) is 0 Å². The molecule has 0 atom stereocenters. The summed E-state index contributed by atoms with van der Waals surface area (Å²) in [6.45, 7) is 0. The molecule has 0 spiro atoms. The normalized spacial score (nSPS) is 10.8. The van der Waals surface area contributed by atoms with Gasteiger partial charge >= 0.3 is 12.1 Å². The second-order valence-corrected chi connectivity index (χ2v) is 9.22. The van der Waals surface area contributed by atoms with E-state index in [1.807, 2.05) is 66.7 Å². The molecule has 0 aliphatic heterocycles. The molecule has 0 unspecified atom stereocenters. The minimum absolute atomic E-state index is 0.388. The van der Waals surface area contributed by atoms with Crippen LogP contribution in [-0.2, 0) is 4.74 Å². The van der Waals surface area contributed by atoms with Gasteiger partial charge in [0.2, 0.25) is 0 Å². The van der Waals surface area contributed by atoms with Gasteiger partial charge < -0.3 is 14.5 Å². The monoisotopic (exact) mass is 540 g/mol. The molecule has 4 aromatic carbocycles. The number of methoxy groups -OCH3 is 1. The molecule has 0 aliphatic carbocycles. The summed E-state index contributed by atoms with van der Waals surface area (Å²) in [6.07, 6.45) is 2.88. The number of anilines is 1. The fourth-order valence-electron chi connectivity index (χ4n) is 4.53. The zero-order chi connectivity index (χ0) is 28.2. The Bertz CT molecular complexity index is 1850. The van der Waals surface area contributed by atoms with Crippen LogP contribution in [0.3, 0.4) is 0 Å². The van der Waals surface area contributed by atoms with Crippen LogP contribution in [0.25, 0.3) is 44.7 Å². The number of hydrogen-bond donors (Lipinski definition) is 2. The van der Waals surface area contributed by atoms with Crippen LogP contribution in [0, 0.1) is 0 Å². The van der Waals surface area contributed by atoms with Crippen molar-refractivity contribution >= 4 is 28.5 Å². The lowest BCUT2D eigenvalue weighted by atomic mass is 10.0. The molecule has 1 amide bonds. The number of pyridine rings is 1. The molecule has 2 N–H and O–H groups in total. The third-order valence-corrected chi connectivity index (χ3v) is 6.57. The van der Waals surface area contributed by atoms with Crippen LogP contribution < -0.4 is 10.1 Å². The van der Waals surface area contributed by atoms with E-state index in [1.165, 1.54) is 7.11 Å². The SMILES string of the molecule is COC(=O)c1ccc(NC(=O)Oc2ccc3cc(-c4nc(-c5ccccc5)[nH]c4-c4ccncc4)ccc3c2)cc1. The average Bonchev–Trinajstić information content (AvgIpc) is 3.47. The van der Waals surface area contributed by atoms with E-state index in [-0.39, 0.29) is 0 Å². The Hall–Kier alpha value is -5.76. The van der Waals surface area contributed by atoms with Gasteiger partial charge in [0.1, 0.15) is 11.6 Å². The molecule has 0 bridgehead atoms. The van der Waals surface area contributed by atoms with Crippen molar-refractivity contribution in [1.29, 1.82) is 0 Å². The number of ether oxygens (including phenoxy) is 2. The molecule has 2 heterocycles. The van der Waals surface area contributed by atoms with Gasteiger partial charge in [0.05, 0.1) is 24.1 Å². The maximum atomic E-state index is 12.5. The maximum absolute atomic E-state index is 12.5. The van der Waals surface area contributed by atoms with Gasteiger partial charge in [0.25, 0.3) is 0 Å². The van der Waals surface area contributed by atoms with E-state index in [9.17, 15) is 9.59 Å². The van der Waals surface area contributed by atoms with Crippen LogP contribution in [0.2, 0.25) is 0 Å². The van der Waals surface area contributed by atoms with E-state index in [1.54, 1.807) is 42.7 Å². The summed E-state index contributed by atoms with van der Waals surface area (Å²) < 4.78 is 10.2. The summed E-state index contributed by atoms with van der Waals surface area (Å²) >= 11 is 0. The second kappa shape index (κ2) is 11.2. The number of aromatic nitrogens is 3. The van der Waals surface area contributed by atoms with E-state index in [4.69, 9.17) is 14.5 Å². The van der Waals surface area contributed by atoms with Crippen LogP contribution in [0.4, 0.5) is 10.5 Å². The number of rotatable bonds is 6. The van der Waals surface area contributed by atoms with Crippen LogP contribution in [-0.4, -0.2) is 34.1 Å². The fraction of sp³-hybridized carbons (Fsp3) is 0.0303. The number of esters is 1. The first-order valence-corrected chi connectivity index (χ1v) is 12.8. The Morgan fingerprint density at radius 2 is 1.49 bits per heavy atom. The van der Waals surface area contributed by atoms with Crippen molar-refractivity contribution in [1.82, 2.24) is 15.0 Å². The van der Waals surface area contributed by atoms with Gasteiger partial charge in [-0.2, -0.15) is 0 Å². The summed E-state index contributed by atoms with van der Waals surface area (Å²) in [5.41, 5.74) is 5.54. The summed E-state index contributed by atoms with van der Waals surface area (Å²) in [6, 6.07) is 31.8. The topological polar surface area (TPSA) is 106 Å². The van der Waals surface area contributed by atoms with Gasteiger partial charge in [0.15, 0.2) is 0 Å². The van der Waals surface area contributed by atoms with Crippen LogP contribution >= 0.6 is 0 Å². The lowest BCUT2D eigenvalue weighted by Crippen LogP contribution is -2.16. The minimum atomic E-state index is -0.640. The highest BCUT2D eigenvalue weighted by Crippen LogP contribution is 2.35. The van der Waals surface area contributed by atoms with Crippen molar-refractivity contribution in [2.75, 3.05) is 12.4 Å². The Morgan fingerprint density at radius 1 is 0.756 bits per heavy atom. The summed E-state index contributed by atoms with van der Waals surface area (Å²) in [5.74, 6) is 0.732. The smallest absolute Gasteiger partial charge is 0.417 e. The molecule has 2 aromatic heterocycles. The summed E-state index contributed by atoms with van der Waals surface area (Å²) in [4.78, 5) is 36.7. The number of H-pyrrole nitrogens is 1. The molecule has 0 saturated heterocycles. The molecule has 200 valence electrons. The molecule has 8 heteroatoms. The second-order valence-electron chi connectivity index (χ2n) is 9.22. The number of imidazole rings is 1. The number of hydrogen-bond acceptors (Lipinski definition) is 6. The Morgan fingerprint density at radius 3 is 2.24 bits per heavy atom. The Labute approximate surface area is 235 Å². The van der Waals surface area contributed by atoms with Crippen LogP contribution in [0.15, 0.2) is 116 Å². The third-order valence-electron chi connectivity index (χ3n) is 6.57. The highest BCUT2D eigenvalue weighted by Gasteiger charge is 2.16. The first-order chi connectivity index (χ1) is 20.1. The van der Waals surface area contributed by atoms with Gasteiger partial charge in [-0.05, 0) is 65.4 Å². The number of fused-ring (bicyclic) bond motifs is 1. The molecular formula is C33H24N4O4. The van der Waals surface area contributed by atoms with Crippen LogP contribution in [0.5, 0.6) is 5.75 Å².